The van der Waals surface area contributed by atoms with Crippen LogP contribution in [-0.4, -0.2) is 5.84 Å². The summed E-state index contributed by atoms with van der Waals surface area (Å²) in [6, 6.07) is 5.69. The lowest BCUT2D eigenvalue weighted by Crippen LogP contribution is -2.12. The second-order valence-electron chi connectivity index (χ2n) is 2.49. The van der Waals surface area contributed by atoms with Crippen molar-refractivity contribution in [1.29, 1.82) is 5.41 Å². The molecule has 58 valence electrons. The van der Waals surface area contributed by atoms with Gasteiger partial charge in [0.05, 0.1) is 0 Å². The van der Waals surface area contributed by atoms with Crippen molar-refractivity contribution in [2.75, 3.05) is 0 Å². The Morgan fingerprint density at radius 2 is 2.18 bits per heavy atom. The topological polar surface area (TPSA) is 49.9 Å². The molecule has 0 aliphatic rings. The monoisotopic (exact) mass is 166 g/mol. The van der Waals surface area contributed by atoms with Crippen LogP contribution in [0.3, 0.4) is 0 Å². The smallest absolute Gasteiger partial charge is 0.122 e. The lowest BCUT2D eigenvalue weighted by Gasteiger charge is -2.01. The lowest BCUT2D eigenvalue weighted by atomic mass is 10.1. The summed E-state index contributed by atoms with van der Waals surface area (Å²) >= 11 is 0. The maximum Gasteiger partial charge on any atom is 0.122 e. The van der Waals surface area contributed by atoms with Crippen molar-refractivity contribution in [3.63, 3.8) is 0 Å². The van der Waals surface area contributed by atoms with E-state index in [0.717, 1.165) is 16.4 Å². The van der Waals surface area contributed by atoms with Crippen molar-refractivity contribution in [2.24, 2.45) is 5.73 Å². The third-order valence-electron chi connectivity index (χ3n) is 1.58. The standard InChI is InChI=1S/C8H11N2P/c1-5-4-6(8(9)10)2-3-7(5)11/h2-4H,11H2,1H3,(H3,9,10). The predicted octanol–water partition coefficient (Wildman–Crippen LogP) is 0.779. The van der Waals surface area contributed by atoms with Crippen LogP contribution in [0.2, 0.25) is 0 Å². The number of nitrogens with two attached hydrogens (primary N) is 1. The van der Waals surface area contributed by atoms with Crippen LogP contribution in [0.4, 0.5) is 0 Å². The molecule has 0 saturated carbocycles. The third-order valence-corrected chi connectivity index (χ3v) is 2.23. The third kappa shape index (κ3) is 1.78. The number of rotatable bonds is 1. The highest BCUT2D eigenvalue weighted by atomic mass is 31.0. The average molecular weight is 166 g/mol. The number of aryl methyl sites for hydroxylation is 1. The predicted molar refractivity (Wildman–Crippen MR) is 51.5 cm³/mol. The van der Waals surface area contributed by atoms with Crippen LogP contribution in [0.1, 0.15) is 11.1 Å². The van der Waals surface area contributed by atoms with Gasteiger partial charge in [-0.1, -0.05) is 12.1 Å². The number of hydrogen-bond donors (Lipinski definition) is 2. The van der Waals surface area contributed by atoms with Crippen molar-refractivity contribution in [1.82, 2.24) is 0 Å². The molecule has 1 rings (SSSR count). The molecule has 0 heterocycles. The zero-order valence-corrected chi connectivity index (χ0v) is 7.54. The number of hydrogen-bond acceptors (Lipinski definition) is 1. The first-order chi connectivity index (χ1) is 5.11. The Kier molecular flexibility index (Phi) is 2.25. The Morgan fingerprint density at radius 1 is 1.55 bits per heavy atom. The Bertz CT molecular complexity index is 294. The molecule has 0 bridgehead atoms. The van der Waals surface area contributed by atoms with Gasteiger partial charge in [0.1, 0.15) is 5.84 Å². The van der Waals surface area contributed by atoms with Crippen LogP contribution in [0, 0.1) is 12.3 Å². The zero-order valence-electron chi connectivity index (χ0n) is 6.39. The fourth-order valence-corrected chi connectivity index (χ4v) is 1.02. The maximum absolute atomic E-state index is 7.17. The number of amidine groups is 1. The van der Waals surface area contributed by atoms with Gasteiger partial charge in [-0.2, -0.15) is 0 Å². The molecule has 0 saturated heterocycles. The van der Waals surface area contributed by atoms with E-state index >= 15 is 0 Å². The number of benzene rings is 1. The largest absolute Gasteiger partial charge is 0.384 e. The van der Waals surface area contributed by atoms with Gasteiger partial charge in [-0.05, 0) is 23.9 Å². The van der Waals surface area contributed by atoms with Crippen molar-refractivity contribution in [3.8, 4) is 0 Å². The summed E-state index contributed by atoms with van der Waals surface area (Å²) < 4.78 is 0. The van der Waals surface area contributed by atoms with E-state index in [1.807, 2.05) is 25.1 Å². The van der Waals surface area contributed by atoms with Crippen molar-refractivity contribution in [2.45, 2.75) is 6.92 Å². The summed E-state index contributed by atoms with van der Waals surface area (Å²) in [5, 5.41) is 8.32. The van der Waals surface area contributed by atoms with E-state index in [1.165, 1.54) is 0 Å². The van der Waals surface area contributed by atoms with E-state index in [4.69, 9.17) is 11.1 Å². The summed E-state index contributed by atoms with van der Waals surface area (Å²) in [5.74, 6) is 0.123. The minimum Gasteiger partial charge on any atom is -0.384 e. The van der Waals surface area contributed by atoms with Gasteiger partial charge in [-0.3, -0.25) is 5.41 Å². The quantitative estimate of drug-likeness (QED) is 0.361. The molecule has 1 aromatic carbocycles. The molecule has 1 atom stereocenters. The first-order valence-corrected chi connectivity index (χ1v) is 3.89. The number of nitrogens with one attached hydrogen (secondary N) is 1. The summed E-state index contributed by atoms with van der Waals surface area (Å²) in [5.41, 5.74) is 7.24. The second kappa shape index (κ2) is 3.02. The molecule has 2 nitrogen and oxygen atoms in total. The Morgan fingerprint density at radius 3 is 2.64 bits per heavy atom. The molecule has 0 amide bonds. The molecule has 1 unspecified atom stereocenters. The molecule has 3 heteroatoms. The Hall–Kier alpha value is -0.880. The summed E-state index contributed by atoms with van der Waals surface area (Å²) in [4.78, 5) is 0. The Labute approximate surface area is 68.5 Å². The Balaban J connectivity index is 3.15. The van der Waals surface area contributed by atoms with Gasteiger partial charge < -0.3 is 5.73 Å². The highest BCUT2D eigenvalue weighted by Crippen LogP contribution is 2.03. The van der Waals surface area contributed by atoms with Crippen LogP contribution in [0.5, 0.6) is 0 Å². The molecule has 0 fully saturated rings. The fraction of sp³-hybridized carbons (Fsp3) is 0.125. The van der Waals surface area contributed by atoms with Crippen LogP contribution in [0.15, 0.2) is 18.2 Å². The maximum atomic E-state index is 7.17. The van der Waals surface area contributed by atoms with E-state index in [1.54, 1.807) is 0 Å². The molecule has 11 heavy (non-hydrogen) atoms. The molecule has 0 radical (unpaired) electrons. The van der Waals surface area contributed by atoms with Gasteiger partial charge in [0.2, 0.25) is 0 Å². The van der Waals surface area contributed by atoms with E-state index in [9.17, 15) is 0 Å². The highest BCUT2D eigenvalue weighted by Gasteiger charge is 1.97. The van der Waals surface area contributed by atoms with Gasteiger partial charge >= 0.3 is 0 Å². The highest BCUT2D eigenvalue weighted by molar-refractivity contribution is 7.27. The first kappa shape index (κ1) is 8.22. The van der Waals surface area contributed by atoms with Crippen LogP contribution < -0.4 is 11.0 Å². The summed E-state index contributed by atoms with van der Waals surface area (Å²) in [6.45, 7) is 1.99. The lowest BCUT2D eigenvalue weighted by molar-refractivity contribution is 1.41. The van der Waals surface area contributed by atoms with Gasteiger partial charge in [0.25, 0.3) is 0 Å². The minimum absolute atomic E-state index is 0.123. The zero-order chi connectivity index (χ0) is 8.43. The molecule has 0 aliphatic heterocycles. The first-order valence-electron chi connectivity index (χ1n) is 3.32. The SMILES string of the molecule is Cc1cc(C(=N)N)ccc1P. The summed E-state index contributed by atoms with van der Waals surface area (Å²) in [7, 11) is 2.63. The van der Waals surface area contributed by atoms with Gasteiger partial charge in [0, 0.05) is 5.56 Å². The summed E-state index contributed by atoms with van der Waals surface area (Å²) in [6.07, 6.45) is 0. The number of nitrogen functional groups attached to an aromatic ring is 1. The molecule has 0 aromatic heterocycles. The molecular weight excluding hydrogens is 155 g/mol. The van der Waals surface area contributed by atoms with Crippen LogP contribution in [-0.2, 0) is 0 Å². The van der Waals surface area contributed by atoms with Crippen molar-refractivity contribution in [3.05, 3.63) is 29.3 Å². The minimum atomic E-state index is 0.123. The van der Waals surface area contributed by atoms with Gasteiger partial charge in [-0.15, -0.1) is 9.24 Å². The fourth-order valence-electron chi connectivity index (χ4n) is 0.843. The van der Waals surface area contributed by atoms with E-state index < -0.39 is 0 Å². The molecular formula is C8H11N2P. The molecule has 3 N–H and O–H groups in total. The molecule has 1 aromatic rings. The second-order valence-corrected chi connectivity index (χ2v) is 3.11. The van der Waals surface area contributed by atoms with Gasteiger partial charge in [-0.25, -0.2) is 0 Å². The van der Waals surface area contributed by atoms with E-state index in [2.05, 4.69) is 9.24 Å². The van der Waals surface area contributed by atoms with E-state index in [-0.39, 0.29) is 5.84 Å². The average Bonchev–Trinajstić information content (AvgIpc) is 1.94. The van der Waals surface area contributed by atoms with Crippen molar-refractivity contribution >= 4 is 20.4 Å². The van der Waals surface area contributed by atoms with Crippen LogP contribution in [0.25, 0.3) is 0 Å². The van der Waals surface area contributed by atoms with Crippen LogP contribution >= 0.6 is 9.24 Å². The van der Waals surface area contributed by atoms with E-state index in [0.29, 0.717) is 0 Å². The normalized spacial score (nSPS) is 9.64. The van der Waals surface area contributed by atoms with Gasteiger partial charge in [0.15, 0.2) is 0 Å². The van der Waals surface area contributed by atoms with Crippen molar-refractivity contribution < 1.29 is 0 Å². The molecule has 0 aliphatic carbocycles. The molecule has 0 spiro atoms.